The Kier molecular flexibility index (Phi) is 3.82. The van der Waals surface area contributed by atoms with E-state index in [1.165, 1.54) is 6.20 Å². The van der Waals surface area contributed by atoms with Crippen molar-refractivity contribution in [1.29, 1.82) is 0 Å². The molecular formula is C11H8Cl3N3. The first-order valence-electron chi connectivity index (χ1n) is 4.95. The SMILES string of the molecule is CCc1c(Cl)nc(-c2ccc(Cl)cn2)nc1Cl. The van der Waals surface area contributed by atoms with Crippen molar-refractivity contribution in [3.8, 4) is 11.5 Å². The van der Waals surface area contributed by atoms with Gasteiger partial charge in [0.2, 0.25) is 0 Å². The number of halogens is 3. The van der Waals surface area contributed by atoms with Crippen LogP contribution in [0.2, 0.25) is 15.3 Å². The average molecular weight is 289 g/mol. The smallest absolute Gasteiger partial charge is 0.181 e. The van der Waals surface area contributed by atoms with E-state index in [1.807, 2.05) is 6.92 Å². The molecule has 0 aliphatic rings. The van der Waals surface area contributed by atoms with Gasteiger partial charge in [0.15, 0.2) is 5.82 Å². The summed E-state index contributed by atoms with van der Waals surface area (Å²) in [6.07, 6.45) is 2.21. The molecule has 0 spiro atoms. The van der Waals surface area contributed by atoms with Gasteiger partial charge in [-0.2, -0.15) is 0 Å². The van der Waals surface area contributed by atoms with Gasteiger partial charge in [0.1, 0.15) is 16.0 Å². The minimum absolute atomic E-state index is 0.360. The average Bonchev–Trinajstić information content (AvgIpc) is 2.29. The van der Waals surface area contributed by atoms with E-state index in [1.54, 1.807) is 12.1 Å². The van der Waals surface area contributed by atoms with Gasteiger partial charge in [-0.3, -0.25) is 4.98 Å². The largest absolute Gasteiger partial charge is 0.251 e. The molecule has 0 N–H and O–H groups in total. The van der Waals surface area contributed by atoms with Crippen molar-refractivity contribution in [3.63, 3.8) is 0 Å². The summed E-state index contributed by atoms with van der Waals surface area (Å²) < 4.78 is 0. The molecule has 2 rings (SSSR count). The Morgan fingerprint density at radius 3 is 2.18 bits per heavy atom. The van der Waals surface area contributed by atoms with Crippen molar-refractivity contribution < 1.29 is 0 Å². The first-order chi connectivity index (χ1) is 8.11. The summed E-state index contributed by atoms with van der Waals surface area (Å²) in [5.74, 6) is 0.397. The van der Waals surface area contributed by atoms with Crippen LogP contribution in [-0.2, 0) is 6.42 Å². The second kappa shape index (κ2) is 5.17. The number of aromatic nitrogens is 3. The minimum atomic E-state index is 0.360. The van der Waals surface area contributed by atoms with Crippen LogP contribution < -0.4 is 0 Å². The van der Waals surface area contributed by atoms with E-state index in [-0.39, 0.29) is 0 Å². The number of hydrogen-bond donors (Lipinski definition) is 0. The minimum Gasteiger partial charge on any atom is -0.251 e. The molecule has 0 radical (unpaired) electrons. The van der Waals surface area contributed by atoms with E-state index in [4.69, 9.17) is 34.8 Å². The van der Waals surface area contributed by atoms with Crippen LogP contribution >= 0.6 is 34.8 Å². The van der Waals surface area contributed by atoms with Crippen LogP contribution in [0, 0.1) is 0 Å². The van der Waals surface area contributed by atoms with E-state index in [9.17, 15) is 0 Å². The summed E-state index contributed by atoms with van der Waals surface area (Å²) in [7, 11) is 0. The highest BCUT2D eigenvalue weighted by Gasteiger charge is 2.11. The number of nitrogens with zero attached hydrogens (tertiary/aromatic N) is 3. The summed E-state index contributed by atoms with van der Waals surface area (Å²) in [6.45, 7) is 1.94. The lowest BCUT2D eigenvalue weighted by Gasteiger charge is -2.05. The van der Waals surface area contributed by atoms with E-state index >= 15 is 0 Å². The van der Waals surface area contributed by atoms with Gasteiger partial charge in [0.05, 0.1) is 5.02 Å². The second-order valence-electron chi connectivity index (χ2n) is 3.32. The molecule has 0 saturated carbocycles. The molecule has 0 saturated heterocycles. The number of hydrogen-bond acceptors (Lipinski definition) is 3. The molecule has 0 atom stereocenters. The summed E-state index contributed by atoms with van der Waals surface area (Å²) in [6, 6.07) is 3.43. The van der Waals surface area contributed by atoms with E-state index in [2.05, 4.69) is 15.0 Å². The molecule has 0 aromatic carbocycles. The molecule has 0 aliphatic carbocycles. The van der Waals surface area contributed by atoms with E-state index in [0.717, 1.165) is 5.56 Å². The van der Waals surface area contributed by atoms with Crippen molar-refractivity contribution in [3.05, 3.63) is 39.2 Å². The van der Waals surface area contributed by atoms with Crippen LogP contribution in [0.4, 0.5) is 0 Å². The molecule has 2 heterocycles. The molecule has 88 valence electrons. The zero-order valence-electron chi connectivity index (χ0n) is 8.91. The molecule has 0 unspecified atom stereocenters. The Hall–Kier alpha value is -0.900. The summed E-state index contributed by atoms with van der Waals surface area (Å²) >= 11 is 17.8. The highest BCUT2D eigenvalue weighted by atomic mass is 35.5. The fourth-order valence-corrected chi connectivity index (χ4v) is 2.11. The predicted octanol–water partition coefficient (Wildman–Crippen LogP) is 4.06. The van der Waals surface area contributed by atoms with Crippen LogP contribution in [-0.4, -0.2) is 15.0 Å². The maximum absolute atomic E-state index is 6.03. The topological polar surface area (TPSA) is 38.7 Å². The zero-order valence-corrected chi connectivity index (χ0v) is 11.2. The van der Waals surface area contributed by atoms with Gasteiger partial charge < -0.3 is 0 Å². The van der Waals surface area contributed by atoms with Crippen molar-refractivity contribution in [2.75, 3.05) is 0 Å². The Labute approximate surface area is 114 Å². The van der Waals surface area contributed by atoms with Gasteiger partial charge in [-0.1, -0.05) is 41.7 Å². The maximum Gasteiger partial charge on any atom is 0.181 e. The molecule has 0 fully saturated rings. The number of pyridine rings is 1. The van der Waals surface area contributed by atoms with Gasteiger partial charge in [-0.05, 0) is 18.6 Å². The Morgan fingerprint density at radius 2 is 1.71 bits per heavy atom. The molecule has 2 aromatic rings. The fraction of sp³-hybridized carbons (Fsp3) is 0.182. The second-order valence-corrected chi connectivity index (χ2v) is 4.48. The van der Waals surface area contributed by atoms with Crippen molar-refractivity contribution >= 4 is 34.8 Å². The number of rotatable bonds is 2. The van der Waals surface area contributed by atoms with E-state index < -0.39 is 0 Å². The molecule has 17 heavy (non-hydrogen) atoms. The van der Waals surface area contributed by atoms with Crippen LogP contribution in [0.1, 0.15) is 12.5 Å². The third-order valence-corrected chi connectivity index (χ3v) is 3.07. The lowest BCUT2D eigenvalue weighted by Crippen LogP contribution is -1.97. The molecule has 3 nitrogen and oxygen atoms in total. The molecule has 2 aromatic heterocycles. The van der Waals surface area contributed by atoms with Gasteiger partial charge in [0, 0.05) is 11.8 Å². The van der Waals surface area contributed by atoms with Gasteiger partial charge >= 0.3 is 0 Å². The van der Waals surface area contributed by atoms with Gasteiger partial charge in [-0.15, -0.1) is 0 Å². The van der Waals surface area contributed by atoms with Gasteiger partial charge in [0.25, 0.3) is 0 Å². The van der Waals surface area contributed by atoms with Crippen LogP contribution in [0.5, 0.6) is 0 Å². The Bertz CT molecular complexity index is 517. The summed E-state index contributed by atoms with van der Waals surface area (Å²) in [5, 5.41) is 1.27. The summed E-state index contributed by atoms with van der Waals surface area (Å²) in [4.78, 5) is 12.5. The Morgan fingerprint density at radius 1 is 1.06 bits per heavy atom. The standard InChI is InChI=1S/C11H8Cl3N3/c1-2-7-9(13)16-11(17-10(7)14)8-4-3-6(12)5-15-8/h3-5H,2H2,1H3. The first kappa shape index (κ1) is 12.6. The van der Waals surface area contributed by atoms with E-state index in [0.29, 0.717) is 33.3 Å². The molecule has 6 heteroatoms. The highest BCUT2D eigenvalue weighted by Crippen LogP contribution is 2.25. The van der Waals surface area contributed by atoms with Crippen LogP contribution in [0.15, 0.2) is 18.3 Å². The normalized spacial score (nSPS) is 10.6. The predicted molar refractivity (Wildman–Crippen MR) is 69.7 cm³/mol. The first-order valence-corrected chi connectivity index (χ1v) is 6.09. The molecular weight excluding hydrogens is 281 g/mol. The highest BCUT2D eigenvalue weighted by molar-refractivity contribution is 6.34. The molecule has 0 bridgehead atoms. The van der Waals surface area contributed by atoms with Crippen LogP contribution in [0.25, 0.3) is 11.5 Å². The third-order valence-electron chi connectivity index (χ3n) is 2.22. The molecule has 0 amide bonds. The van der Waals surface area contributed by atoms with Gasteiger partial charge in [-0.25, -0.2) is 9.97 Å². The monoisotopic (exact) mass is 287 g/mol. The molecule has 0 aliphatic heterocycles. The third kappa shape index (κ3) is 2.68. The lowest BCUT2D eigenvalue weighted by atomic mass is 10.2. The Balaban J connectivity index is 2.50. The van der Waals surface area contributed by atoms with Crippen molar-refractivity contribution in [2.45, 2.75) is 13.3 Å². The lowest BCUT2D eigenvalue weighted by molar-refractivity contribution is 1.04. The van der Waals surface area contributed by atoms with Crippen molar-refractivity contribution in [1.82, 2.24) is 15.0 Å². The fourth-order valence-electron chi connectivity index (χ4n) is 1.35. The maximum atomic E-state index is 6.03. The zero-order chi connectivity index (χ0) is 12.4. The quantitative estimate of drug-likeness (QED) is 0.782. The van der Waals surface area contributed by atoms with Crippen molar-refractivity contribution in [2.24, 2.45) is 0 Å². The van der Waals surface area contributed by atoms with Crippen LogP contribution in [0.3, 0.4) is 0 Å². The summed E-state index contributed by atoms with van der Waals surface area (Å²) in [5.41, 5.74) is 1.33.